The van der Waals surface area contributed by atoms with Crippen molar-refractivity contribution in [2.24, 2.45) is 0 Å². The molecule has 0 aliphatic rings. The Morgan fingerprint density at radius 2 is 1.52 bits per heavy atom. The van der Waals surface area contributed by atoms with Crippen molar-refractivity contribution in [1.82, 2.24) is 10.9 Å². The lowest BCUT2D eigenvalue weighted by atomic mass is 10.1. The van der Waals surface area contributed by atoms with Crippen LogP contribution in [0.2, 0.25) is 0 Å². The number of carbonyl (C=O) groups excluding carboxylic acids is 3. The molecule has 2 aromatic rings. The van der Waals surface area contributed by atoms with E-state index in [4.69, 9.17) is 0 Å². The van der Waals surface area contributed by atoms with Gasteiger partial charge in [0.2, 0.25) is 0 Å². The molecule has 2 aromatic carbocycles. The van der Waals surface area contributed by atoms with Crippen LogP contribution in [0.5, 0.6) is 0 Å². The van der Waals surface area contributed by atoms with E-state index in [-0.39, 0.29) is 11.1 Å². The first kappa shape index (κ1) is 16.2. The lowest BCUT2D eigenvalue weighted by Crippen LogP contribution is -2.41. The molecular weight excluding hydrogens is 296 g/mol. The molecular formula is C17H16N2O4. The second-order valence-corrected chi connectivity index (χ2v) is 4.80. The highest BCUT2D eigenvalue weighted by Crippen LogP contribution is 2.07. The van der Waals surface area contributed by atoms with Crippen LogP contribution in [0.4, 0.5) is 0 Å². The van der Waals surface area contributed by atoms with Gasteiger partial charge in [0.25, 0.3) is 11.8 Å². The predicted octanol–water partition coefficient (Wildman–Crippen LogP) is 1.86. The normalized spacial score (nSPS) is 9.83. The SMILES string of the molecule is COC(=O)c1cccc(C(=O)NNC(=O)c2ccccc2C)c1. The summed E-state index contributed by atoms with van der Waals surface area (Å²) in [5.74, 6) is -1.48. The number of amides is 2. The third-order valence-electron chi connectivity index (χ3n) is 3.23. The van der Waals surface area contributed by atoms with Gasteiger partial charge in [-0.15, -0.1) is 0 Å². The van der Waals surface area contributed by atoms with Gasteiger partial charge in [-0.1, -0.05) is 24.3 Å². The van der Waals surface area contributed by atoms with E-state index in [1.54, 1.807) is 31.2 Å². The van der Waals surface area contributed by atoms with Gasteiger partial charge in [0.1, 0.15) is 0 Å². The number of carbonyl (C=O) groups is 3. The molecule has 0 atom stereocenters. The first-order chi connectivity index (χ1) is 11.0. The highest BCUT2D eigenvalue weighted by Gasteiger charge is 2.12. The Hall–Kier alpha value is -3.15. The van der Waals surface area contributed by atoms with E-state index in [1.165, 1.54) is 25.3 Å². The summed E-state index contributed by atoms with van der Waals surface area (Å²) in [7, 11) is 1.26. The first-order valence-electron chi connectivity index (χ1n) is 6.87. The zero-order valence-corrected chi connectivity index (χ0v) is 12.8. The molecule has 0 bridgehead atoms. The van der Waals surface area contributed by atoms with Crippen LogP contribution in [0.3, 0.4) is 0 Å². The van der Waals surface area contributed by atoms with E-state index >= 15 is 0 Å². The van der Waals surface area contributed by atoms with Crippen molar-refractivity contribution in [3.05, 3.63) is 70.8 Å². The van der Waals surface area contributed by atoms with Gasteiger partial charge in [0, 0.05) is 11.1 Å². The van der Waals surface area contributed by atoms with Crippen LogP contribution < -0.4 is 10.9 Å². The molecule has 118 valence electrons. The number of hydrazine groups is 1. The van der Waals surface area contributed by atoms with Gasteiger partial charge in [-0.3, -0.25) is 20.4 Å². The van der Waals surface area contributed by atoms with Crippen molar-refractivity contribution >= 4 is 17.8 Å². The molecule has 0 heterocycles. The van der Waals surface area contributed by atoms with Gasteiger partial charge >= 0.3 is 5.97 Å². The standard InChI is InChI=1S/C17H16N2O4/c1-11-6-3-4-9-14(11)16(21)19-18-15(20)12-7-5-8-13(10-12)17(22)23-2/h3-10H,1-2H3,(H,18,20)(H,19,21). The van der Waals surface area contributed by atoms with Crippen molar-refractivity contribution in [2.45, 2.75) is 6.92 Å². The van der Waals surface area contributed by atoms with E-state index in [0.29, 0.717) is 5.56 Å². The average molecular weight is 312 g/mol. The summed E-state index contributed by atoms with van der Waals surface area (Å²) in [6, 6.07) is 13.0. The van der Waals surface area contributed by atoms with Crippen LogP contribution >= 0.6 is 0 Å². The fraction of sp³-hybridized carbons (Fsp3) is 0.118. The lowest BCUT2D eigenvalue weighted by Gasteiger charge is -2.09. The molecule has 0 aliphatic heterocycles. The summed E-state index contributed by atoms with van der Waals surface area (Å²) in [6.07, 6.45) is 0. The minimum absolute atomic E-state index is 0.234. The molecule has 0 saturated carbocycles. The molecule has 23 heavy (non-hydrogen) atoms. The molecule has 0 unspecified atom stereocenters. The Labute approximate surface area is 133 Å². The maximum absolute atomic E-state index is 12.1. The van der Waals surface area contributed by atoms with Gasteiger partial charge in [-0.05, 0) is 36.8 Å². The Morgan fingerprint density at radius 3 is 2.22 bits per heavy atom. The van der Waals surface area contributed by atoms with E-state index in [0.717, 1.165) is 5.56 Å². The Morgan fingerprint density at radius 1 is 0.870 bits per heavy atom. The van der Waals surface area contributed by atoms with Crippen molar-refractivity contribution in [1.29, 1.82) is 0 Å². The Balaban J connectivity index is 2.04. The quantitative estimate of drug-likeness (QED) is 0.669. The number of nitrogens with one attached hydrogen (secondary N) is 2. The van der Waals surface area contributed by atoms with E-state index in [1.807, 2.05) is 6.07 Å². The number of hydrogen-bond donors (Lipinski definition) is 2. The molecule has 6 heteroatoms. The second-order valence-electron chi connectivity index (χ2n) is 4.80. The van der Waals surface area contributed by atoms with Crippen LogP contribution in [0.15, 0.2) is 48.5 Å². The molecule has 2 rings (SSSR count). The van der Waals surface area contributed by atoms with Crippen LogP contribution in [-0.2, 0) is 4.74 Å². The van der Waals surface area contributed by atoms with E-state index in [9.17, 15) is 14.4 Å². The van der Waals surface area contributed by atoms with Crippen LogP contribution in [0.1, 0.15) is 36.6 Å². The van der Waals surface area contributed by atoms with Gasteiger partial charge in [0.05, 0.1) is 12.7 Å². The topological polar surface area (TPSA) is 84.5 Å². The summed E-state index contributed by atoms with van der Waals surface area (Å²) in [5.41, 5.74) is 6.42. The first-order valence-corrected chi connectivity index (χ1v) is 6.87. The number of benzene rings is 2. The summed E-state index contributed by atoms with van der Waals surface area (Å²) in [6.45, 7) is 1.80. The van der Waals surface area contributed by atoms with Crippen molar-refractivity contribution in [3.8, 4) is 0 Å². The predicted molar refractivity (Wildman–Crippen MR) is 83.9 cm³/mol. The minimum atomic E-state index is -0.538. The summed E-state index contributed by atoms with van der Waals surface area (Å²) < 4.78 is 4.60. The molecule has 0 radical (unpaired) electrons. The summed E-state index contributed by atoms with van der Waals surface area (Å²) >= 11 is 0. The largest absolute Gasteiger partial charge is 0.465 e. The number of hydrogen-bond acceptors (Lipinski definition) is 4. The number of esters is 1. The van der Waals surface area contributed by atoms with E-state index < -0.39 is 17.8 Å². The Kier molecular flexibility index (Phi) is 5.09. The van der Waals surface area contributed by atoms with Gasteiger partial charge in [-0.2, -0.15) is 0 Å². The molecule has 6 nitrogen and oxygen atoms in total. The number of aryl methyl sites for hydroxylation is 1. The summed E-state index contributed by atoms with van der Waals surface area (Å²) in [4.78, 5) is 35.5. The maximum Gasteiger partial charge on any atom is 0.337 e. The molecule has 2 N–H and O–H groups in total. The van der Waals surface area contributed by atoms with E-state index in [2.05, 4.69) is 15.6 Å². The zero-order chi connectivity index (χ0) is 16.8. The third kappa shape index (κ3) is 3.94. The van der Waals surface area contributed by atoms with Crippen molar-refractivity contribution < 1.29 is 19.1 Å². The molecule has 0 fully saturated rings. The number of methoxy groups -OCH3 is 1. The maximum atomic E-state index is 12.1. The minimum Gasteiger partial charge on any atom is -0.465 e. The number of rotatable bonds is 3. The Bertz CT molecular complexity index is 756. The number of ether oxygens (including phenoxy) is 1. The average Bonchev–Trinajstić information content (AvgIpc) is 2.59. The van der Waals surface area contributed by atoms with Crippen molar-refractivity contribution in [3.63, 3.8) is 0 Å². The van der Waals surface area contributed by atoms with Gasteiger partial charge in [-0.25, -0.2) is 4.79 Å². The lowest BCUT2D eigenvalue weighted by molar-refractivity contribution is 0.0600. The smallest absolute Gasteiger partial charge is 0.337 e. The summed E-state index contributed by atoms with van der Waals surface area (Å²) in [5, 5.41) is 0. The monoisotopic (exact) mass is 312 g/mol. The van der Waals surface area contributed by atoms with Crippen LogP contribution in [0, 0.1) is 6.92 Å². The fourth-order valence-electron chi connectivity index (χ4n) is 1.99. The van der Waals surface area contributed by atoms with Crippen molar-refractivity contribution in [2.75, 3.05) is 7.11 Å². The highest BCUT2D eigenvalue weighted by atomic mass is 16.5. The van der Waals surface area contributed by atoms with Gasteiger partial charge in [0.15, 0.2) is 0 Å². The molecule has 0 aliphatic carbocycles. The van der Waals surface area contributed by atoms with Crippen LogP contribution in [0.25, 0.3) is 0 Å². The molecule has 2 amide bonds. The molecule has 0 saturated heterocycles. The fourth-order valence-corrected chi connectivity index (χ4v) is 1.99. The second kappa shape index (κ2) is 7.22. The molecule has 0 aromatic heterocycles. The zero-order valence-electron chi connectivity index (χ0n) is 12.8. The molecule has 0 spiro atoms. The van der Waals surface area contributed by atoms with Crippen LogP contribution in [-0.4, -0.2) is 24.9 Å². The van der Waals surface area contributed by atoms with Gasteiger partial charge < -0.3 is 4.74 Å². The third-order valence-corrected chi connectivity index (χ3v) is 3.23. The highest BCUT2D eigenvalue weighted by molar-refractivity contribution is 6.01.